The van der Waals surface area contributed by atoms with Gasteiger partial charge in [0.15, 0.2) is 0 Å². The molecule has 2 aromatic carbocycles. The number of nitrogens with one attached hydrogen (secondary N) is 1. The quantitative estimate of drug-likeness (QED) is 0.701. The van der Waals surface area contributed by atoms with Crippen LogP contribution in [0.2, 0.25) is 5.02 Å². The van der Waals surface area contributed by atoms with Crippen molar-refractivity contribution in [2.45, 2.75) is 57.0 Å². The number of likely N-dealkylation sites (tertiary alicyclic amines) is 1. The van der Waals surface area contributed by atoms with E-state index in [1.165, 1.54) is 6.92 Å². The van der Waals surface area contributed by atoms with Gasteiger partial charge < -0.3 is 19.9 Å². The van der Waals surface area contributed by atoms with Crippen molar-refractivity contribution in [3.63, 3.8) is 0 Å². The molecule has 4 atom stereocenters. The summed E-state index contributed by atoms with van der Waals surface area (Å²) in [6.45, 7) is 3.19. The van der Waals surface area contributed by atoms with Gasteiger partial charge in [0.2, 0.25) is 5.91 Å². The molecule has 1 saturated heterocycles. The average Bonchev–Trinajstić information content (AvgIpc) is 3.11. The maximum Gasteiger partial charge on any atom is 0.221 e. The number of carbonyl (C=O) groups is 1. The molecule has 1 unspecified atom stereocenters. The third-order valence-corrected chi connectivity index (χ3v) is 6.25. The van der Waals surface area contributed by atoms with Crippen LogP contribution in [-0.4, -0.2) is 53.4 Å². The molecule has 0 aromatic heterocycles. The van der Waals surface area contributed by atoms with Crippen LogP contribution in [0.25, 0.3) is 0 Å². The van der Waals surface area contributed by atoms with Crippen LogP contribution in [-0.2, 0) is 4.79 Å². The third kappa shape index (κ3) is 5.50. The molecule has 1 heterocycles. The summed E-state index contributed by atoms with van der Waals surface area (Å²) in [7, 11) is 0. The lowest BCUT2D eigenvalue weighted by molar-refractivity contribution is -0.114. The van der Waals surface area contributed by atoms with Gasteiger partial charge in [0, 0.05) is 24.5 Å². The Bertz CT molecular complexity index is 891. The number of anilines is 1. The predicted octanol–water partition coefficient (Wildman–Crippen LogP) is 4.11. The number of aliphatic hydroxyl groups excluding tert-OH is 1. The summed E-state index contributed by atoms with van der Waals surface area (Å²) in [5, 5.41) is 14.5. The lowest BCUT2D eigenvalue weighted by Gasteiger charge is -2.38. The summed E-state index contributed by atoms with van der Waals surface area (Å²) in [6, 6.07) is 14.8. The van der Waals surface area contributed by atoms with E-state index in [0.717, 1.165) is 44.5 Å². The van der Waals surface area contributed by atoms with Crippen molar-refractivity contribution < 1.29 is 19.4 Å². The highest BCUT2D eigenvalue weighted by molar-refractivity contribution is 6.30. The first kappa shape index (κ1) is 21.9. The fourth-order valence-corrected chi connectivity index (χ4v) is 4.67. The molecule has 1 saturated carbocycles. The Balaban J connectivity index is 1.37. The van der Waals surface area contributed by atoms with E-state index < -0.39 is 6.10 Å². The number of hydrogen-bond acceptors (Lipinski definition) is 5. The second kappa shape index (κ2) is 9.90. The Morgan fingerprint density at radius 2 is 1.87 bits per heavy atom. The maximum absolute atomic E-state index is 11.5. The molecule has 1 amide bonds. The Morgan fingerprint density at radius 1 is 1.10 bits per heavy atom. The Labute approximate surface area is 188 Å². The zero-order chi connectivity index (χ0) is 21.8. The van der Waals surface area contributed by atoms with Gasteiger partial charge in [-0.2, -0.15) is 0 Å². The van der Waals surface area contributed by atoms with Gasteiger partial charge in [-0.05, 0) is 68.6 Å². The van der Waals surface area contributed by atoms with E-state index in [-0.39, 0.29) is 24.2 Å². The molecular weight excluding hydrogens is 416 g/mol. The Morgan fingerprint density at radius 3 is 2.65 bits per heavy atom. The van der Waals surface area contributed by atoms with E-state index in [4.69, 9.17) is 21.1 Å². The highest BCUT2D eigenvalue weighted by Crippen LogP contribution is 2.33. The zero-order valence-corrected chi connectivity index (χ0v) is 18.4. The fraction of sp³-hybridized carbons (Fsp3) is 0.458. The molecule has 2 aliphatic rings. The summed E-state index contributed by atoms with van der Waals surface area (Å²) < 4.78 is 12.3. The summed E-state index contributed by atoms with van der Waals surface area (Å²) in [5.41, 5.74) is 0.625. The highest BCUT2D eigenvalue weighted by Gasteiger charge is 2.41. The van der Waals surface area contributed by atoms with E-state index in [1.807, 2.05) is 42.5 Å². The van der Waals surface area contributed by atoms with Gasteiger partial charge in [0.05, 0.1) is 5.69 Å². The number of amides is 1. The molecule has 6 nitrogen and oxygen atoms in total. The van der Waals surface area contributed by atoms with Gasteiger partial charge in [-0.15, -0.1) is 0 Å². The minimum absolute atomic E-state index is 0.0366. The van der Waals surface area contributed by atoms with Gasteiger partial charge in [-0.3, -0.25) is 9.69 Å². The SMILES string of the molecule is CC(=O)Nc1ccccc1O[C@H]1CC[C@H](N2CCCC(Oc3ccc(Cl)cc3)C2)[C@H]1O. The van der Waals surface area contributed by atoms with Gasteiger partial charge >= 0.3 is 0 Å². The summed E-state index contributed by atoms with van der Waals surface area (Å²) >= 11 is 5.96. The molecule has 2 aromatic rings. The number of para-hydroxylation sites is 2. The van der Waals surface area contributed by atoms with E-state index >= 15 is 0 Å². The fourth-order valence-electron chi connectivity index (χ4n) is 4.55. The molecule has 166 valence electrons. The smallest absolute Gasteiger partial charge is 0.221 e. The molecule has 2 fully saturated rings. The first-order valence-electron chi connectivity index (χ1n) is 10.9. The molecule has 2 N–H and O–H groups in total. The summed E-state index contributed by atoms with van der Waals surface area (Å²) in [5.74, 6) is 1.25. The maximum atomic E-state index is 11.5. The van der Waals surface area contributed by atoms with Crippen molar-refractivity contribution in [2.24, 2.45) is 0 Å². The van der Waals surface area contributed by atoms with Crippen LogP contribution in [0.4, 0.5) is 5.69 Å². The summed E-state index contributed by atoms with van der Waals surface area (Å²) in [4.78, 5) is 13.8. The number of rotatable bonds is 6. The van der Waals surface area contributed by atoms with Crippen LogP contribution in [0.1, 0.15) is 32.6 Å². The minimum atomic E-state index is -0.598. The molecule has 7 heteroatoms. The topological polar surface area (TPSA) is 71.0 Å². The van der Waals surface area contributed by atoms with Gasteiger partial charge in [-0.25, -0.2) is 0 Å². The second-order valence-electron chi connectivity index (χ2n) is 8.30. The average molecular weight is 445 g/mol. The second-order valence-corrected chi connectivity index (χ2v) is 8.74. The van der Waals surface area contributed by atoms with E-state index in [1.54, 1.807) is 6.07 Å². The Kier molecular flexibility index (Phi) is 7.00. The van der Waals surface area contributed by atoms with Crippen LogP contribution in [0.3, 0.4) is 0 Å². The number of ether oxygens (including phenoxy) is 2. The first-order chi connectivity index (χ1) is 15.0. The standard InChI is InChI=1S/C24H29ClN2O4/c1-16(28)26-20-6-2-3-7-22(20)31-23-13-12-21(24(23)29)27-14-4-5-19(15-27)30-18-10-8-17(25)9-11-18/h2-3,6-11,19,21,23-24,29H,4-5,12-15H2,1H3,(H,26,28)/t19?,21-,23-,24+/m0/s1. The summed E-state index contributed by atoms with van der Waals surface area (Å²) in [6.07, 6.45) is 2.82. The van der Waals surface area contributed by atoms with Crippen LogP contribution in [0.5, 0.6) is 11.5 Å². The van der Waals surface area contributed by atoms with Gasteiger partial charge in [0.25, 0.3) is 0 Å². The van der Waals surface area contributed by atoms with Crippen LogP contribution >= 0.6 is 11.6 Å². The van der Waals surface area contributed by atoms with Crippen LogP contribution in [0.15, 0.2) is 48.5 Å². The Hall–Kier alpha value is -2.28. The molecule has 4 rings (SSSR count). The number of hydrogen-bond donors (Lipinski definition) is 2. The number of benzene rings is 2. The molecule has 1 aliphatic heterocycles. The predicted molar refractivity (Wildman–Crippen MR) is 121 cm³/mol. The van der Waals surface area contributed by atoms with Gasteiger partial charge in [-0.1, -0.05) is 23.7 Å². The number of halogens is 1. The number of nitrogens with zero attached hydrogens (tertiary/aromatic N) is 1. The molecule has 0 radical (unpaired) electrons. The normalized spacial score (nSPS) is 26.4. The molecular formula is C24H29ClN2O4. The third-order valence-electron chi connectivity index (χ3n) is 5.99. The monoisotopic (exact) mass is 444 g/mol. The minimum Gasteiger partial charge on any atom is -0.489 e. The van der Waals surface area contributed by atoms with Crippen molar-refractivity contribution in [2.75, 3.05) is 18.4 Å². The number of carbonyl (C=O) groups excluding carboxylic acids is 1. The first-order valence-corrected chi connectivity index (χ1v) is 11.2. The highest BCUT2D eigenvalue weighted by atomic mass is 35.5. The van der Waals surface area contributed by atoms with Crippen molar-refractivity contribution in [3.8, 4) is 11.5 Å². The van der Waals surface area contributed by atoms with E-state index in [0.29, 0.717) is 16.5 Å². The number of aliphatic hydroxyl groups is 1. The molecule has 0 spiro atoms. The van der Waals surface area contributed by atoms with Crippen molar-refractivity contribution >= 4 is 23.2 Å². The van der Waals surface area contributed by atoms with Crippen molar-refractivity contribution in [1.29, 1.82) is 0 Å². The van der Waals surface area contributed by atoms with Crippen LogP contribution < -0.4 is 14.8 Å². The van der Waals surface area contributed by atoms with Crippen molar-refractivity contribution in [1.82, 2.24) is 4.90 Å². The van der Waals surface area contributed by atoms with Gasteiger partial charge in [0.1, 0.15) is 29.8 Å². The molecule has 0 bridgehead atoms. The zero-order valence-electron chi connectivity index (χ0n) is 17.7. The lowest BCUT2D eigenvalue weighted by atomic mass is 10.0. The number of piperidine rings is 1. The molecule has 31 heavy (non-hydrogen) atoms. The van der Waals surface area contributed by atoms with Crippen LogP contribution in [0, 0.1) is 0 Å². The van der Waals surface area contributed by atoms with E-state index in [2.05, 4.69) is 10.2 Å². The van der Waals surface area contributed by atoms with Crippen molar-refractivity contribution in [3.05, 3.63) is 53.6 Å². The lowest BCUT2D eigenvalue weighted by Crippen LogP contribution is -2.51. The largest absolute Gasteiger partial charge is 0.489 e. The molecule has 1 aliphatic carbocycles. The van der Waals surface area contributed by atoms with E-state index in [9.17, 15) is 9.90 Å².